The number of para-hydroxylation sites is 1. The number of carbonyl (C=O) groups excluding carboxylic acids is 1. The van der Waals surface area contributed by atoms with Crippen molar-refractivity contribution in [3.63, 3.8) is 0 Å². The number of amides is 1. The third-order valence-electron chi connectivity index (χ3n) is 5.49. The highest BCUT2D eigenvalue weighted by molar-refractivity contribution is 5.95. The molecular formula is C19H25N5O. The van der Waals surface area contributed by atoms with Crippen molar-refractivity contribution in [2.45, 2.75) is 25.2 Å². The van der Waals surface area contributed by atoms with Gasteiger partial charge in [0.1, 0.15) is 12.2 Å². The number of likely N-dealkylation sites (tertiary alicyclic amines) is 1. The molecule has 0 aliphatic carbocycles. The van der Waals surface area contributed by atoms with E-state index < -0.39 is 0 Å². The summed E-state index contributed by atoms with van der Waals surface area (Å²) in [6, 6.07) is 10.0. The number of carbonyl (C=O) groups is 1. The Morgan fingerprint density at radius 2 is 1.92 bits per heavy atom. The Bertz CT molecular complexity index is 720. The highest BCUT2D eigenvalue weighted by atomic mass is 16.2. The van der Waals surface area contributed by atoms with Crippen molar-refractivity contribution in [2.75, 3.05) is 31.1 Å². The second kappa shape index (κ2) is 6.96. The molecule has 6 heteroatoms. The van der Waals surface area contributed by atoms with E-state index in [9.17, 15) is 4.79 Å². The Balaban J connectivity index is 1.31. The molecule has 2 aromatic rings. The number of piperidine rings is 1. The van der Waals surface area contributed by atoms with Gasteiger partial charge in [-0.15, -0.1) is 10.2 Å². The largest absolute Gasteiger partial charge is 0.320 e. The van der Waals surface area contributed by atoms with Crippen molar-refractivity contribution in [3.8, 4) is 0 Å². The normalized spacial score (nSPS) is 22.7. The molecule has 2 aliphatic rings. The third kappa shape index (κ3) is 3.44. The van der Waals surface area contributed by atoms with E-state index in [0.29, 0.717) is 18.3 Å². The van der Waals surface area contributed by atoms with Crippen LogP contribution in [0.3, 0.4) is 0 Å². The molecule has 2 fully saturated rings. The number of nitrogens with zero attached hydrogens (tertiary/aromatic N) is 5. The molecule has 1 amide bonds. The minimum atomic E-state index is 0.255. The average molecular weight is 339 g/mol. The van der Waals surface area contributed by atoms with Crippen LogP contribution in [0.25, 0.3) is 0 Å². The van der Waals surface area contributed by atoms with Gasteiger partial charge in [-0.1, -0.05) is 18.2 Å². The van der Waals surface area contributed by atoms with Crippen molar-refractivity contribution in [2.24, 2.45) is 13.0 Å². The van der Waals surface area contributed by atoms with Gasteiger partial charge in [-0.05, 0) is 44.0 Å². The van der Waals surface area contributed by atoms with Gasteiger partial charge in [0.15, 0.2) is 0 Å². The molecule has 6 nitrogen and oxygen atoms in total. The fourth-order valence-corrected chi connectivity index (χ4v) is 4.16. The van der Waals surface area contributed by atoms with E-state index in [1.165, 1.54) is 0 Å². The minimum absolute atomic E-state index is 0.255. The van der Waals surface area contributed by atoms with Gasteiger partial charge < -0.3 is 14.4 Å². The van der Waals surface area contributed by atoms with Crippen LogP contribution < -0.4 is 4.90 Å². The highest BCUT2D eigenvalue weighted by Gasteiger charge is 2.33. The van der Waals surface area contributed by atoms with Crippen molar-refractivity contribution < 1.29 is 4.79 Å². The molecule has 2 aliphatic heterocycles. The maximum atomic E-state index is 12.4. The quantitative estimate of drug-likeness (QED) is 0.855. The zero-order valence-electron chi connectivity index (χ0n) is 14.7. The summed E-state index contributed by atoms with van der Waals surface area (Å²) in [6.07, 6.45) is 4.69. The fraction of sp³-hybridized carbons (Fsp3) is 0.526. The van der Waals surface area contributed by atoms with Gasteiger partial charge in [0.2, 0.25) is 5.91 Å². The molecule has 1 aromatic carbocycles. The summed E-state index contributed by atoms with van der Waals surface area (Å²) >= 11 is 0. The van der Waals surface area contributed by atoms with E-state index in [1.54, 1.807) is 6.33 Å². The van der Waals surface area contributed by atoms with Gasteiger partial charge in [-0.2, -0.15) is 0 Å². The summed E-state index contributed by atoms with van der Waals surface area (Å²) in [5, 5.41) is 8.27. The lowest BCUT2D eigenvalue weighted by atomic mass is 9.95. The zero-order valence-corrected chi connectivity index (χ0v) is 14.7. The summed E-state index contributed by atoms with van der Waals surface area (Å²) in [4.78, 5) is 16.8. The topological polar surface area (TPSA) is 54.3 Å². The molecule has 2 saturated heterocycles. The van der Waals surface area contributed by atoms with Crippen LogP contribution in [0.2, 0.25) is 0 Å². The summed E-state index contributed by atoms with van der Waals surface area (Å²) < 4.78 is 2.04. The van der Waals surface area contributed by atoms with Gasteiger partial charge >= 0.3 is 0 Å². The predicted molar refractivity (Wildman–Crippen MR) is 96.3 cm³/mol. The molecule has 4 rings (SSSR count). The standard InChI is InChI=1S/C19H25N5O/c1-22-14-20-21-19(22)16-7-9-23(10-8-16)12-15-11-18(25)24(13-15)17-5-3-2-4-6-17/h2-6,14-16H,7-13H2,1H3/t15-/m1/s1. The lowest BCUT2D eigenvalue weighted by Crippen LogP contribution is -2.37. The Hall–Kier alpha value is -2.21. The SMILES string of the molecule is Cn1cnnc1C1CCN(C[C@H]2CC(=O)N(c3ccccc3)C2)CC1. The minimum Gasteiger partial charge on any atom is -0.320 e. The zero-order chi connectivity index (χ0) is 17.2. The summed E-state index contributed by atoms with van der Waals surface area (Å²) in [6.45, 7) is 4.01. The van der Waals surface area contributed by atoms with Gasteiger partial charge in [0.25, 0.3) is 0 Å². The van der Waals surface area contributed by atoms with Crippen LogP contribution in [0, 0.1) is 5.92 Å². The molecule has 0 N–H and O–H groups in total. The van der Waals surface area contributed by atoms with Crippen molar-refractivity contribution in [1.82, 2.24) is 19.7 Å². The molecule has 0 unspecified atom stereocenters. The summed E-state index contributed by atoms with van der Waals surface area (Å²) in [7, 11) is 2.02. The Labute approximate surface area is 148 Å². The molecule has 1 aromatic heterocycles. The monoisotopic (exact) mass is 339 g/mol. The van der Waals surface area contributed by atoms with E-state index in [0.717, 1.165) is 50.5 Å². The molecule has 3 heterocycles. The van der Waals surface area contributed by atoms with Gasteiger partial charge in [0.05, 0.1) is 0 Å². The van der Waals surface area contributed by atoms with Crippen LogP contribution in [-0.2, 0) is 11.8 Å². The van der Waals surface area contributed by atoms with E-state index in [4.69, 9.17) is 0 Å². The lowest BCUT2D eigenvalue weighted by molar-refractivity contribution is -0.117. The van der Waals surface area contributed by atoms with E-state index in [1.807, 2.05) is 46.8 Å². The smallest absolute Gasteiger partial charge is 0.227 e. The summed E-state index contributed by atoms with van der Waals surface area (Å²) in [5.74, 6) is 2.30. The Morgan fingerprint density at radius 3 is 2.60 bits per heavy atom. The number of hydrogen-bond donors (Lipinski definition) is 0. The van der Waals surface area contributed by atoms with Gasteiger partial charge in [-0.25, -0.2) is 0 Å². The Kier molecular flexibility index (Phi) is 4.53. The number of aryl methyl sites for hydroxylation is 1. The van der Waals surface area contributed by atoms with Crippen LogP contribution >= 0.6 is 0 Å². The van der Waals surface area contributed by atoms with E-state index in [2.05, 4.69) is 15.1 Å². The van der Waals surface area contributed by atoms with Crippen LogP contribution in [0.4, 0.5) is 5.69 Å². The first-order chi connectivity index (χ1) is 12.2. The first kappa shape index (κ1) is 16.3. The van der Waals surface area contributed by atoms with Crippen LogP contribution in [0.5, 0.6) is 0 Å². The number of anilines is 1. The number of aromatic nitrogens is 3. The fourth-order valence-electron chi connectivity index (χ4n) is 4.16. The average Bonchev–Trinajstić information content (AvgIpc) is 3.22. The molecule has 132 valence electrons. The molecule has 0 spiro atoms. The van der Waals surface area contributed by atoms with Crippen LogP contribution in [0.15, 0.2) is 36.7 Å². The molecule has 0 radical (unpaired) electrons. The Morgan fingerprint density at radius 1 is 1.16 bits per heavy atom. The van der Waals surface area contributed by atoms with E-state index >= 15 is 0 Å². The molecule has 0 saturated carbocycles. The number of benzene rings is 1. The summed E-state index contributed by atoms with van der Waals surface area (Å²) in [5.41, 5.74) is 1.02. The first-order valence-electron chi connectivity index (χ1n) is 9.12. The number of rotatable bonds is 4. The van der Waals surface area contributed by atoms with Crippen molar-refractivity contribution in [1.29, 1.82) is 0 Å². The van der Waals surface area contributed by atoms with Gasteiger partial charge in [0, 0.05) is 38.2 Å². The first-order valence-corrected chi connectivity index (χ1v) is 9.12. The highest BCUT2D eigenvalue weighted by Crippen LogP contribution is 2.29. The maximum absolute atomic E-state index is 12.4. The second-order valence-electron chi connectivity index (χ2n) is 7.28. The molecule has 25 heavy (non-hydrogen) atoms. The van der Waals surface area contributed by atoms with Crippen LogP contribution in [-0.4, -0.2) is 51.8 Å². The number of hydrogen-bond acceptors (Lipinski definition) is 4. The third-order valence-corrected chi connectivity index (χ3v) is 5.49. The van der Waals surface area contributed by atoms with E-state index in [-0.39, 0.29) is 5.91 Å². The van der Waals surface area contributed by atoms with Crippen LogP contribution in [0.1, 0.15) is 31.0 Å². The van der Waals surface area contributed by atoms with Gasteiger partial charge in [-0.3, -0.25) is 4.79 Å². The lowest BCUT2D eigenvalue weighted by Gasteiger charge is -2.32. The second-order valence-corrected chi connectivity index (χ2v) is 7.28. The molecule has 1 atom stereocenters. The maximum Gasteiger partial charge on any atom is 0.227 e. The molecular weight excluding hydrogens is 314 g/mol. The predicted octanol–water partition coefficient (Wildman–Crippen LogP) is 2.05. The molecule has 0 bridgehead atoms. The van der Waals surface area contributed by atoms with Crippen molar-refractivity contribution >= 4 is 11.6 Å². The van der Waals surface area contributed by atoms with Crippen molar-refractivity contribution in [3.05, 3.63) is 42.5 Å².